The van der Waals surface area contributed by atoms with E-state index in [1.807, 2.05) is 55.5 Å². The summed E-state index contributed by atoms with van der Waals surface area (Å²) in [4.78, 5) is 16.7. The average Bonchev–Trinajstić information content (AvgIpc) is 2.85. The molecule has 0 aliphatic carbocycles. The van der Waals surface area contributed by atoms with E-state index in [1.54, 1.807) is 6.08 Å². The maximum absolute atomic E-state index is 11.9. The molecule has 0 saturated carbocycles. The van der Waals surface area contributed by atoms with Gasteiger partial charge in [0.15, 0.2) is 0 Å². The van der Waals surface area contributed by atoms with Crippen molar-refractivity contribution in [2.45, 2.75) is 6.92 Å². The SMILES string of the molecule is Cc1ccc(/C=C2\C(=O)ON=C2c2ccccc2)cc1Cl. The Morgan fingerprint density at radius 3 is 2.62 bits per heavy atom. The smallest absolute Gasteiger partial charge is 0.312 e. The number of carbonyl (C=O) groups excluding carboxylic acids is 1. The number of carbonyl (C=O) groups is 1. The van der Waals surface area contributed by atoms with Crippen LogP contribution in [0.4, 0.5) is 0 Å². The van der Waals surface area contributed by atoms with Gasteiger partial charge in [-0.15, -0.1) is 0 Å². The third-order valence-corrected chi connectivity index (χ3v) is 3.66. The number of oxime groups is 1. The zero-order valence-corrected chi connectivity index (χ0v) is 12.1. The molecule has 0 amide bonds. The van der Waals surface area contributed by atoms with Gasteiger partial charge in [-0.2, -0.15) is 0 Å². The molecule has 0 N–H and O–H groups in total. The lowest BCUT2D eigenvalue weighted by Crippen LogP contribution is -2.06. The standard InChI is InChI=1S/C17H12ClNO2/c1-11-7-8-12(10-15(11)18)9-14-16(19-21-17(14)20)13-5-3-2-4-6-13/h2-10H,1H3/b14-9-. The predicted molar refractivity (Wildman–Crippen MR) is 83.2 cm³/mol. The van der Waals surface area contributed by atoms with Gasteiger partial charge in [-0.3, -0.25) is 0 Å². The molecule has 0 bridgehead atoms. The van der Waals surface area contributed by atoms with E-state index < -0.39 is 5.97 Å². The second-order valence-electron chi connectivity index (χ2n) is 4.75. The van der Waals surface area contributed by atoms with E-state index in [9.17, 15) is 4.79 Å². The molecule has 4 heteroatoms. The Kier molecular flexibility index (Phi) is 3.59. The summed E-state index contributed by atoms with van der Waals surface area (Å²) in [6.45, 7) is 1.93. The zero-order chi connectivity index (χ0) is 14.8. The predicted octanol–water partition coefficient (Wildman–Crippen LogP) is 3.99. The maximum Gasteiger partial charge on any atom is 0.368 e. The number of aryl methyl sites for hydroxylation is 1. The van der Waals surface area contributed by atoms with Gasteiger partial charge < -0.3 is 4.84 Å². The van der Waals surface area contributed by atoms with Crippen LogP contribution in [0.3, 0.4) is 0 Å². The number of hydrogen-bond acceptors (Lipinski definition) is 3. The van der Waals surface area contributed by atoms with Gasteiger partial charge in [-0.25, -0.2) is 4.79 Å². The Morgan fingerprint density at radius 1 is 1.14 bits per heavy atom. The molecule has 3 nitrogen and oxygen atoms in total. The van der Waals surface area contributed by atoms with Gasteiger partial charge in [-0.05, 0) is 30.2 Å². The summed E-state index contributed by atoms with van der Waals surface area (Å²) in [5.74, 6) is -0.453. The molecule has 104 valence electrons. The van der Waals surface area contributed by atoms with Crippen LogP contribution in [-0.2, 0) is 9.63 Å². The Hall–Kier alpha value is -2.39. The highest BCUT2D eigenvalue weighted by Crippen LogP contribution is 2.23. The van der Waals surface area contributed by atoms with Crippen LogP contribution in [0.5, 0.6) is 0 Å². The summed E-state index contributed by atoms with van der Waals surface area (Å²) in [7, 11) is 0. The molecule has 0 spiro atoms. The average molecular weight is 298 g/mol. The van der Waals surface area contributed by atoms with Crippen molar-refractivity contribution in [3.8, 4) is 0 Å². The fourth-order valence-electron chi connectivity index (χ4n) is 2.08. The van der Waals surface area contributed by atoms with Crippen LogP contribution >= 0.6 is 11.6 Å². The molecular formula is C17H12ClNO2. The lowest BCUT2D eigenvalue weighted by atomic mass is 10.0. The maximum atomic E-state index is 11.9. The topological polar surface area (TPSA) is 38.7 Å². The van der Waals surface area contributed by atoms with E-state index in [-0.39, 0.29) is 0 Å². The van der Waals surface area contributed by atoms with Gasteiger partial charge in [0.05, 0.1) is 5.57 Å². The van der Waals surface area contributed by atoms with Crippen LogP contribution < -0.4 is 0 Å². The molecule has 21 heavy (non-hydrogen) atoms. The lowest BCUT2D eigenvalue weighted by molar-refractivity contribution is -0.136. The molecule has 1 aliphatic heterocycles. The van der Waals surface area contributed by atoms with Crippen molar-refractivity contribution in [2.75, 3.05) is 0 Å². The van der Waals surface area contributed by atoms with Gasteiger partial charge in [0.25, 0.3) is 0 Å². The first-order chi connectivity index (χ1) is 10.1. The molecule has 0 radical (unpaired) electrons. The number of nitrogens with zero attached hydrogens (tertiary/aromatic N) is 1. The van der Waals surface area contributed by atoms with E-state index in [4.69, 9.17) is 16.4 Å². The van der Waals surface area contributed by atoms with Crippen LogP contribution in [0.15, 0.2) is 59.3 Å². The monoisotopic (exact) mass is 297 g/mol. The van der Waals surface area contributed by atoms with Crippen molar-refractivity contribution < 1.29 is 9.63 Å². The van der Waals surface area contributed by atoms with Crippen molar-refractivity contribution in [1.29, 1.82) is 0 Å². The highest BCUT2D eigenvalue weighted by molar-refractivity contribution is 6.32. The first-order valence-electron chi connectivity index (χ1n) is 6.48. The summed E-state index contributed by atoms with van der Waals surface area (Å²) in [6.07, 6.45) is 1.74. The summed E-state index contributed by atoms with van der Waals surface area (Å²) < 4.78 is 0. The third-order valence-electron chi connectivity index (χ3n) is 3.25. The highest BCUT2D eigenvalue weighted by Gasteiger charge is 2.26. The highest BCUT2D eigenvalue weighted by atomic mass is 35.5. The van der Waals surface area contributed by atoms with Crippen molar-refractivity contribution in [2.24, 2.45) is 5.16 Å². The van der Waals surface area contributed by atoms with Gasteiger partial charge in [0.2, 0.25) is 0 Å². The minimum atomic E-state index is -0.453. The number of benzene rings is 2. The first-order valence-corrected chi connectivity index (χ1v) is 6.86. The van der Waals surface area contributed by atoms with Crippen molar-refractivity contribution >= 4 is 29.4 Å². The van der Waals surface area contributed by atoms with Crippen LogP contribution in [0.1, 0.15) is 16.7 Å². The van der Waals surface area contributed by atoms with Gasteiger partial charge in [-0.1, -0.05) is 59.2 Å². The van der Waals surface area contributed by atoms with Gasteiger partial charge >= 0.3 is 5.97 Å². The van der Waals surface area contributed by atoms with E-state index in [0.717, 1.165) is 16.7 Å². The van der Waals surface area contributed by atoms with E-state index in [2.05, 4.69) is 5.16 Å². The molecule has 1 heterocycles. The molecule has 0 saturated heterocycles. The molecule has 3 rings (SSSR count). The van der Waals surface area contributed by atoms with Crippen molar-refractivity contribution in [1.82, 2.24) is 0 Å². The fourth-order valence-corrected chi connectivity index (χ4v) is 2.27. The largest absolute Gasteiger partial charge is 0.368 e. The van der Waals surface area contributed by atoms with Crippen LogP contribution in [-0.4, -0.2) is 11.7 Å². The second-order valence-corrected chi connectivity index (χ2v) is 5.16. The normalized spacial score (nSPS) is 16.0. The number of hydrogen-bond donors (Lipinski definition) is 0. The minimum Gasteiger partial charge on any atom is -0.312 e. The van der Waals surface area contributed by atoms with Crippen LogP contribution in [0, 0.1) is 6.92 Å². The Bertz CT molecular complexity index is 764. The molecular weight excluding hydrogens is 286 g/mol. The van der Waals surface area contributed by atoms with E-state index in [1.165, 1.54) is 0 Å². The Labute approximate surface area is 127 Å². The molecule has 2 aromatic rings. The Morgan fingerprint density at radius 2 is 1.90 bits per heavy atom. The fraction of sp³-hybridized carbons (Fsp3) is 0.0588. The summed E-state index contributed by atoms with van der Waals surface area (Å²) in [6, 6.07) is 15.1. The number of halogens is 1. The van der Waals surface area contributed by atoms with Gasteiger partial charge in [0.1, 0.15) is 5.71 Å². The zero-order valence-electron chi connectivity index (χ0n) is 11.3. The molecule has 2 aromatic carbocycles. The summed E-state index contributed by atoms with van der Waals surface area (Å²) in [5, 5.41) is 4.53. The third kappa shape index (κ3) is 2.73. The first kappa shape index (κ1) is 13.6. The molecule has 0 atom stereocenters. The van der Waals surface area contributed by atoms with Crippen molar-refractivity contribution in [3.63, 3.8) is 0 Å². The number of rotatable bonds is 2. The lowest BCUT2D eigenvalue weighted by Gasteiger charge is -2.02. The minimum absolute atomic E-state index is 0.432. The molecule has 1 aliphatic rings. The Balaban J connectivity index is 2.02. The van der Waals surface area contributed by atoms with Gasteiger partial charge in [0, 0.05) is 10.6 Å². The van der Waals surface area contributed by atoms with Crippen molar-refractivity contribution in [3.05, 3.63) is 75.8 Å². The summed E-state index contributed by atoms with van der Waals surface area (Å²) in [5.41, 5.74) is 3.64. The van der Waals surface area contributed by atoms with E-state index >= 15 is 0 Å². The van der Waals surface area contributed by atoms with E-state index in [0.29, 0.717) is 16.3 Å². The molecule has 0 fully saturated rings. The van der Waals surface area contributed by atoms with Crippen LogP contribution in [0.2, 0.25) is 5.02 Å². The molecule has 0 unspecified atom stereocenters. The second kappa shape index (κ2) is 5.54. The molecule has 0 aromatic heterocycles. The quantitative estimate of drug-likeness (QED) is 0.621. The van der Waals surface area contributed by atoms with Crippen LogP contribution in [0.25, 0.3) is 6.08 Å². The summed E-state index contributed by atoms with van der Waals surface area (Å²) >= 11 is 6.11.